The van der Waals surface area contributed by atoms with Crippen LogP contribution >= 0.6 is 0 Å². The minimum Gasteiger partial charge on any atom is -0.493 e. The Kier molecular flexibility index (Phi) is 4.60. The third kappa shape index (κ3) is 4.32. The summed E-state index contributed by atoms with van der Waals surface area (Å²) in [6, 6.07) is 2.78. The number of alkyl halides is 3. The van der Waals surface area contributed by atoms with Gasteiger partial charge in [0.15, 0.2) is 6.10 Å². The Bertz CT molecular complexity index is 458. The predicted molar refractivity (Wildman–Crippen MR) is 56.9 cm³/mol. The first-order chi connectivity index (χ1) is 8.74. The zero-order valence-corrected chi connectivity index (χ0v) is 9.77. The SMILES string of the molecule is CCOc1cc(OC(F)(F)F)ccc1C(O)C(=O)O. The third-order valence-corrected chi connectivity index (χ3v) is 2.05. The Balaban J connectivity index is 3.10. The first kappa shape index (κ1) is 15.1. The van der Waals surface area contributed by atoms with E-state index in [4.69, 9.17) is 9.84 Å². The predicted octanol–water partition coefficient (Wildman–Crippen LogP) is 2.10. The van der Waals surface area contributed by atoms with Gasteiger partial charge < -0.3 is 19.7 Å². The van der Waals surface area contributed by atoms with Crippen molar-refractivity contribution in [2.45, 2.75) is 19.4 Å². The van der Waals surface area contributed by atoms with Crippen LogP contribution in [-0.2, 0) is 4.79 Å². The molecule has 0 fully saturated rings. The summed E-state index contributed by atoms with van der Waals surface area (Å²) in [5.41, 5.74) is -0.149. The number of carboxylic acid groups (broad SMARTS) is 1. The minimum absolute atomic E-state index is 0.0921. The van der Waals surface area contributed by atoms with Gasteiger partial charge >= 0.3 is 12.3 Å². The second-order valence-electron chi connectivity index (χ2n) is 3.42. The molecule has 1 aromatic carbocycles. The molecular formula is C11H11F3O5. The molecule has 19 heavy (non-hydrogen) atoms. The van der Waals surface area contributed by atoms with E-state index >= 15 is 0 Å². The van der Waals surface area contributed by atoms with E-state index in [1.807, 2.05) is 0 Å². The molecule has 0 spiro atoms. The van der Waals surface area contributed by atoms with Crippen LogP contribution in [0, 0.1) is 0 Å². The number of aliphatic hydroxyl groups excluding tert-OH is 1. The number of carbonyl (C=O) groups is 1. The van der Waals surface area contributed by atoms with Crippen LogP contribution in [0.1, 0.15) is 18.6 Å². The lowest BCUT2D eigenvalue weighted by molar-refractivity contribution is -0.274. The first-order valence-corrected chi connectivity index (χ1v) is 5.18. The average Bonchev–Trinajstić information content (AvgIpc) is 2.26. The molecule has 1 unspecified atom stereocenters. The lowest BCUT2D eigenvalue weighted by Gasteiger charge is -2.15. The fourth-order valence-electron chi connectivity index (χ4n) is 1.35. The highest BCUT2D eigenvalue weighted by atomic mass is 19.4. The molecule has 1 atom stereocenters. The van der Waals surface area contributed by atoms with Gasteiger partial charge in [0.05, 0.1) is 6.61 Å². The number of benzene rings is 1. The molecular weight excluding hydrogens is 269 g/mol. The van der Waals surface area contributed by atoms with Crippen molar-refractivity contribution in [3.8, 4) is 11.5 Å². The van der Waals surface area contributed by atoms with Crippen LogP contribution in [0.3, 0.4) is 0 Å². The van der Waals surface area contributed by atoms with Crippen LogP contribution in [0.4, 0.5) is 13.2 Å². The molecule has 106 valence electrons. The quantitative estimate of drug-likeness (QED) is 0.863. The number of rotatable bonds is 5. The summed E-state index contributed by atoms with van der Waals surface area (Å²) in [5.74, 6) is -2.28. The van der Waals surface area contributed by atoms with Gasteiger partial charge in [0.1, 0.15) is 11.5 Å². The second-order valence-corrected chi connectivity index (χ2v) is 3.42. The van der Waals surface area contributed by atoms with Crippen molar-refractivity contribution in [3.63, 3.8) is 0 Å². The average molecular weight is 280 g/mol. The molecule has 5 nitrogen and oxygen atoms in total. The van der Waals surface area contributed by atoms with E-state index in [2.05, 4.69) is 4.74 Å². The molecule has 0 heterocycles. The van der Waals surface area contributed by atoms with Gasteiger partial charge in [-0.25, -0.2) is 4.79 Å². The van der Waals surface area contributed by atoms with Crippen LogP contribution in [0.15, 0.2) is 18.2 Å². The monoisotopic (exact) mass is 280 g/mol. The molecule has 0 aliphatic carbocycles. The molecule has 0 aliphatic heterocycles. The minimum atomic E-state index is -4.86. The van der Waals surface area contributed by atoms with Crippen molar-refractivity contribution < 1.29 is 37.7 Å². The number of ether oxygens (including phenoxy) is 2. The molecule has 8 heteroatoms. The zero-order valence-electron chi connectivity index (χ0n) is 9.77. The smallest absolute Gasteiger partial charge is 0.493 e. The van der Waals surface area contributed by atoms with E-state index in [9.17, 15) is 23.1 Å². The largest absolute Gasteiger partial charge is 0.573 e. The maximum atomic E-state index is 12.0. The second kappa shape index (κ2) is 5.79. The van der Waals surface area contributed by atoms with Crippen molar-refractivity contribution in [2.24, 2.45) is 0 Å². The van der Waals surface area contributed by atoms with Gasteiger partial charge in [-0.05, 0) is 19.1 Å². The lowest BCUT2D eigenvalue weighted by atomic mass is 10.1. The van der Waals surface area contributed by atoms with E-state index in [1.165, 1.54) is 0 Å². The van der Waals surface area contributed by atoms with Crippen molar-refractivity contribution >= 4 is 5.97 Å². The van der Waals surface area contributed by atoms with Crippen molar-refractivity contribution in [2.75, 3.05) is 6.61 Å². The molecule has 2 N–H and O–H groups in total. The summed E-state index contributed by atoms with van der Waals surface area (Å²) in [6.45, 7) is 1.66. The molecule has 0 saturated heterocycles. The maximum absolute atomic E-state index is 12.0. The van der Waals surface area contributed by atoms with E-state index in [0.717, 1.165) is 18.2 Å². The Labute approximate surface area is 106 Å². The number of halogens is 3. The van der Waals surface area contributed by atoms with Crippen molar-refractivity contribution in [1.82, 2.24) is 0 Å². The first-order valence-electron chi connectivity index (χ1n) is 5.18. The Morgan fingerprint density at radius 1 is 1.42 bits per heavy atom. The Morgan fingerprint density at radius 2 is 2.05 bits per heavy atom. The number of aliphatic hydroxyl groups is 1. The van der Waals surface area contributed by atoms with Crippen LogP contribution in [0.25, 0.3) is 0 Å². The summed E-state index contributed by atoms with van der Waals surface area (Å²) in [4.78, 5) is 10.7. The molecule has 0 amide bonds. The number of aliphatic carboxylic acids is 1. The zero-order chi connectivity index (χ0) is 14.6. The van der Waals surface area contributed by atoms with Gasteiger partial charge in [0.25, 0.3) is 0 Å². The van der Waals surface area contributed by atoms with E-state index in [1.54, 1.807) is 6.92 Å². The van der Waals surface area contributed by atoms with Gasteiger partial charge in [0.2, 0.25) is 0 Å². The highest BCUT2D eigenvalue weighted by molar-refractivity contribution is 5.75. The number of carboxylic acids is 1. The third-order valence-electron chi connectivity index (χ3n) is 2.05. The molecule has 0 saturated carbocycles. The number of hydrogen-bond acceptors (Lipinski definition) is 4. The Hall–Kier alpha value is -1.96. The van der Waals surface area contributed by atoms with Crippen molar-refractivity contribution in [3.05, 3.63) is 23.8 Å². The maximum Gasteiger partial charge on any atom is 0.573 e. The van der Waals surface area contributed by atoms with Gasteiger partial charge in [-0.2, -0.15) is 0 Å². The molecule has 0 aliphatic rings. The number of hydrogen-bond donors (Lipinski definition) is 2. The summed E-state index contributed by atoms with van der Waals surface area (Å²) < 4.78 is 44.8. The van der Waals surface area contributed by atoms with Crippen LogP contribution in [0.5, 0.6) is 11.5 Å². The summed E-state index contributed by atoms with van der Waals surface area (Å²) in [6.07, 6.45) is -6.75. The van der Waals surface area contributed by atoms with E-state index < -0.39 is 24.2 Å². The topological polar surface area (TPSA) is 76.0 Å². The van der Waals surface area contributed by atoms with Crippen LogP contribution in [-0.4, -0.2) is 29.2 Å². The molecule has 0 bridgehead atoms. The van der Waals surface area contributed by atoms with Gasteiger partial charge in [0, 0.05) is 11.6 Å². The molecule has 1 aromatic rings. The highest BCUT2D eigenvalue weighted by Crippen LogP contribution is 2.32. The van der Waals surface area contributed by atoms with Crippen molar-refractivity contribution in [1.29, 1.82) is 0 Å². The molecule has 0 aromatic heterocycles. The van der Waals surface area contributed by atoms with Crippen LogP contribution < -0.4 is 9.47 Å². The summed E-state index contributed by atoms with van der Waals surface area (Å²) in [5, 5.41) is 18.1. The van der Waals surface area contributed by atoms with Gasteiger partial charge in [-0.1, -0.05) is 0 Å². The normalized spacial score (nSPS) is 12.9. The summed E-state index contributed by atoms with van der Waals surface area (Å²) >= 11 is 0. The van der Waals surface area contributed by atoms with Gasteiger partial charge in [-0.15, -0.1) is 13.2 Å². The molecule has 0 radical (unpaired) electrons. The highest BCUT2D eigenvalue weighted by Gasteiger charge is 2.32. The van der Waals surface area contributed by atoms with E-state index in [0.29, 0.717) is 0 Å². The molecule has 1 rings (SSSR count). The fourth-order valence-corrected chi connectivity index (χ4v) is 1.35. The van der Waals surface area contributed by atoms with Crippen LogP contribution in [0.2, 0.25) is 0 Å². The van der Waals surface area contributed by atoms with E-state index in [-0.39, 0.29) is 17.9 Å². The standard InChI is InChI=1S/C11H11F3O5/c1-2-18-8-5-6(19-11(12,13)14)3-4-7(8)9(15)10(16)17/h3-5,9,15H,2H2,1H3,(H,16,17). The fraction of sp³-hybridized carbons (Fsp3) is 0.364. The lowest BCUT2D eigenvalue weighted by Crippen LogP contribution is -2.17. The Morgan fingerprint density at radius 3 is 2.53 bits per heavy atom. The van der Waals surface area contributed by atoms with Gasteiger partial charge in [-0.3, -0.25) is 0 Å². The summed E-state index contributed by atoms with van der Waals surface area (Å²) in [7, 11) is 0.